The highest BCUT2D eigenvalue weighted by molar-refractivity contribution is 5.81. The zero-order valence-corrected chi connectivity index (χ0v) is 6.52. The molecule has 5 heteroatoms. The quantitative estimate of drug-likeness (QED) is 0.493. The molecule has 0 rings (SSSR count). The van der Waals surface area contributed by atoms with Gasteiger partial charge in [0.2, 0.25) is 0 Å². The van der Waals surface area contributed by atoms with Crippen LogP contribution in [0.2, 0.25) is 0 Å². The van der Waals surface area contributed by atoms with Crippen LogP contribution in [-0.4, -0.2) is 18.8 Å². The maximum Gasteiger partial charge on any atom is 0.410 e. The lowest BCUT2D eigenvalue weighted by molar-refractivity contribution is -0.138. The molecule has 0 bridgehead atoms. The number of carbonyl (C=O) groups is 1. The number of esters is 1. The predicted molar refractivity (Wildman–Crippen MR) is 36.4 cm³/mol. The van der Waals surface area contributed by atoms with Gasteiger partial charge in [-0.2, -0.15) is 13.2 Å². The first kappa shape index (κ1) is 11.0. The van der Waals surface area contributed by atoms with E-state index < -0.39 is 12.1 Å². The van der Waals surface area contributed by atoms with Crippen LogP contribution in [0.5, 0.6) is 0 Å². The molecule has 0 N–H and O–H groups in total. The van der Waals surface area contributed by atoms with E-state index in [1.165, 1.54) is 0 Å². The Morgan fingerprint density at radius 3 is 2.50 bits per heavy atom. The molecule has 0 aliphatic carbocycles. The molecule has 0 saturated carbocycles. The van der Waals surface area contributed by atoms with Crippen LogP contribution in [0.15, 0.2) is 12.2 Å². The van der Waals surface area contributed by atoms with Crippen LogP contribution in [0.1, 0.15) is 13.3 Å². The van der Waals surface area contributed by atoms with E-state index in [9.17, 15) is 18.0 Å². The highest BCUT2D eigenvalue weighted by Gasteiger charge is 2.22. The van der Waals surface area contributed by atoms with Gasteiger partial charge in [-0.1, -0.05) is 6.92 Å². The second-order valence-corrected chi connectivity index (χ2v) is 2.04. The summed E-state index contributed by atoms with van der Waals surface area (Å²) in [6.45, 7) is 1.89. The van der Waals surface area contributed by atoms with Crippen LogP contribution < -0.4 is 0 Å². The first-order chi connectivity index (χ1) is 5.45. The molecule has 0 aliphatic heterocycles. The predicted octanol–water partition coefficient (Wildman–Crippen LogP) is 2.06. The molecule has 0 aliphatic rings. The monoisotopic (exact) mass is 182 g/mol. The van der Waals surface area contributed by atoms with Crippen molar-refractivity contribution in [3.05, 3.63) is 12.2 Å². The summed E-state index contributed by atoms with van der Waals surface area (Å²) in [5.41, 5.74) is 0. The summed E-state index contributed by atoms with van der Waals surface area (Å²) in [4.78, 5) is 10.4. The number of hydrogen-bond acceptors (Lipinski definition) is 2. The molecule has 0 amide bonds. The maximum absolute atomic E-state index is 11.4. The van der Waals surface area contributed by atoms with Crippen molar-refractivity contribution in [3.8, 4) is 0 Å². The Hall–Kier alpha value is -1.00. The van der Waals surface area contributed by atoms with Crippen LogP contribution in [-0.2, 0) is 9.53 Å². The molecule has 0 spiro atoms. The van der Waals surface area contributed by atoms with Crippen LogP contribution >= 0.6 is 0 Å². The van der Waals surface area contributed by atoms with Crippen molar-refractivity contribution in [1.82, 2.24) is 0 Å². The van der Waals surface area contributed by atoms with Crippen molar-refractivity contribution in [2.75, 3.05) is 6.61 Å². The van der Waals surface area contributed by atoms with E-state index in [4.69, 9.17) is 0 Å². The fraction of sp³-hybridized carbons (Fsp3) is 0.571. The summed E-state index contributed by atoms with van der Waals surface area (Å²) >= 11 is 0. The SMILES string of the molecule is CCCOC(=O)/C=C\C(F)(F)F. The van der Waals surface area contributed by atoms with Gasteiger partial charge in [-0.15, -0.1) is 0 Å². The van der Waals surface area contributed by atoms with Crippen molar-refractivity contribution in [2.24, 2.45) is 0 Å². The largest absolute Gasteiger partial charge is 0.463 e. The van der Waals surface area contributed by atoms with E-state index >= 15 is 0 Å². The lowest BCUT2D eigenvalue weighted by Crippen LogP contribution is -2.06. The molecule has 0 aromatic rings. The zero-order chi connectivity index (χ0) is 9.61. The Morgan fingerprint density at radius 2 is 2.08 bits per heavy atom. The molecule has 12 heavy (non-hydrogen) atoms. The summed E-state index contributed by atoms with van der Waals surface area (Å²) in [7, 11) is 0. The van der Waals surface area contributed by atoms with E-state index in [1.54, 1.807) is 6.92 Å². The number of ether oxygens (including phenoxy) is 1. The first-order valence-electron chi connectivity index (χ1n) is 3.38. The van der Waals surface area contributed by atoms with Gasteiger partial charge < -0.3 is 4.74 Å². The number of allylic oxidation sites excluding steroid dienone is 1. The third-order valence-electron chi connectivity index (χ3n) is 0.857. The summed E-state index contributed by atoms with van der Waals surface area (Å²) in [6, 6.07) is 0. The summed E-state index contributed by atoms with van der Waals surface area (Å²) in [6.07, 6.45) is -3.64. The van der Waals surface area contributed by atoms with Crippen LogP contribution in [0, 0.1) is 0 Å². The summed E-state index contributed by atoms with van der Waals surface area (Å²) in [5, 5.41) is 0. The molecule has 0 atom stereocenters. The highest BCUT2D eigenvalue weighted by Crippen LogP contribution is 2.15. The lowest BCUT2D eigenvalue weighted by Gasteiger charge is -1.99. The lowest BCUT2D eigenvalue weighted by atomic mass is 10.5. The average Bonchev–Trinajstić information content (AvgIpc) is 1.95. The van der Waals surface area contributed by atoms with Gasteiger partial charge in [-0.3, -0.25) is 0 Å². The number of hydrogen-bond donors (Lipinski definition) is 0. The first-order valence-corrected chi connectivity index (χ1v) is 3.38. The standard InChI is InChI=1S/C7H9F3O2/c1-2-5-12-6(11)3-4-7(8,9)10/h3-4H,2,5H2,1H3/b4-3-. The molecule has 0 aromatic carbocycles. The Labute approximate surface area is 68.0 Å². The van der Waals surface area contributed by atoms with Gasteiger partial charge in [0.15, 0.2) is 0 Å². The Morgan fingerprint density at radius 1 is 1.50 bits per heavy atom. The Balaban J connectivity index is 3.76. The van der Waals surface area contributed by atoms with Crippen LogP contribution in [0.4, 0.5) is 13.2 Å². The Bertz CT molecular complexity index is 172. The van der Waals surface area contributed by atoms with Gasteiger partial charge in [0.05, 0.1) is 6.61 Å². The molecule has 0 heterocycles. The van der Waals surface area contributed by atoms with Gasteiger partial charge in [-0.25, -0.2) is 4.79 Å². The smallest absolute Gasteiger partial charge is 0.410 e. The van der Waals surface area contributed by atoms with E-state index in [-0.39, 0.29) is 12.7 Å². The van der Waals surface area contributed by atoms with Crippen molar-refractivity contribution in [2.45, 2.75) is 19.5 Å². The van der Waals surface area contributed by atoms with E-state index in [2.05, 4.69) is 4.74 Å². The molecule has 0 radical (unpaired) electrons. The van der Waals surface area contributed by atoms with Crippen molar-refractivity contribution in [3.63, 3.8) is 0 Å². The molecule has 0 aromatic heterocycles. The zero-order valence-electron chi connectivity index (χ0n) is 6.52. The fourth-order valence-electron chi connectivity index (χ4n) is 0.413. The van der Waals surface area contributed by atoms with Gasteiger partial charge in [0.25, 0.3) is 0 Å². The molecular formula is C7H9F3O2. The number of halogens is 3. The number of alkyl halides is 3. The third kappa shape index (κ3) is 7.11. The normalized spacial score (nSPS) is 12.0. The third-order valence-corrected chi connectivity index (χ3v) is 0.857. The molecule has 0 saturated heterocycles. The van der Waals surface area contributed by atoms with Crippen molar-refractivity contribution in [1.29, 1.82) is 0 Å². The minimum absolute atomic E-state index is 0.140. The van der Waals surface area contributed by atoms with Crippen molar-refractivity contribution < 1.29 is 22.7 Å². The number of carbonyl (C=O) groups excluding carboxylic acids is 1. The topological polar surface area (TPSA) is 26.3 Å². The fourth-order valence-corrected chi connectivity index (χ4v) is 0.413. The summed E-state index contributed by atoms with van der Waals surface area (Å²) in [5.74, 6) is -0.964. The van der Waals surface area contributed by atoms with Gasteiger partial charge in [-0.05, 0) is 6.42 Å². The average molecular weight is 182 g/mol. The van der Waals surface area contributed by atoms with E-state index in [1.807, 2.05) is 0 Å². The van der Waals surface area contributed by atoms with E-state index in [0.717, 1.165) is 0 Å². The molecule has 0 fully saturated rings. The van der Waals surface area contributed by atoms with Gasteiger partial charge >= 0.3 is 12.1 Å². The Kier molecular flexibility index (Phi) is 4.39. The maximum atomic E-state index is 11.4. The van der Waals surface area contributed by atoms with Gasteiger partial charge in [0, 0.05) is 12.2 Å². The minimum atomic E-state index is -4.45. The van der Waals surface area contributed by atoms with Gasteiger partial charge in [0.1, 0.15) is 0 Å². The number of rotatable bonds is 3. The van der Waals surface area contributed by atoms with Crippen molar-refractivity contribution >= 4 is 5.97 Å². The van der Waals surface area contributed by atoms with E-state index in [0.29, 0.717) is 12.5 Å². The second kappa shape index (κ2) is 4.79. The second-order valence-electron chi connectivity index (χ2n) is 2.04. The minimum Gasteiger partial charge on any atom is -0.463 e. The van der Waals surface area contributed by atoms with Crippen LogP contribution in [0.25, 0.3) is 0 Å². The highest BCUT2D eigenvalue weighted by atomic mass is 19.4. The molecule has 2 nitrogen and oxygen atoms in total. The molecular weight excluding hydrogens is 173 g/mol. The molecule has 0 unspecified atom stereocenters. The molecule has 70 valence electrons. The summed E-state index contributed by atoms with van der Waals surface area (Å²) < 4.78 is 38.7. The van der Waals surface area contributed by atoms with Crippen LogP contribution in [0.3, 0.4) is 0 Å².